The molecular weight excluding hydrogens is 389 g/mol. The number of benzene rings is 2. The summed E-state index contributed by atoms with van der Waals surface area (Å²) < 4.78 is 13.3. The highest BCUT2D eigenvalue weighted by atomic mass is 35.5. The molecule has 0 saturated heterocycles. The molecule has 2 heterocycles. The SMILES string of the molecule is O=C1C[C@@H](c2cccc(Cl)c2)c2sc(C(=O)O)c(-c3ccc(F)cc3)c2N1. The molecule has 0 fully saturated rings. The van der Waals surface area contributed by atoms with Crippen LogP contribution in [0.1, 0.15) is 32.5 Å². The predicted octanol–water partition coefficient (Wildman–Crippen LogP) is 5.38. The van der Waals surface area contributed by atoms with E-state index in [0.717, 1.165) is 21.8 Å². The zero-order valence-electron chi connectivity index (χ0n) is 13.8. The average molecular weight is 402 g/mol. The van der Waals surface area contributed by atoms with Crippen LogP contribution in [0, 0.1) is 5.82 Å². The van der Waals surface area contributed by atoms with Crippen LogP contribution in [0.3, 0.4) is 0 Å². The molecule has 136 valence electrons. The van der Waals surface area contributed by atoms with Crippen molar-refractivity contribution in [2.24, 2.45) is 0 Å². The molecule has 7 heteroatoms. The number of anilines is 1. The second kappa shape index (κ2) is 6.79. The Morgan fingerprint density at radius 3 is 2.63 bits per heavy atom. The van der Waals surface area contributed by atoms with Gasteiger partial charge in [-0.1, -0.05) is 35.9 Å². The number of hydrogen-bond donors (Lipinski definition) is 2. The topological polar surface area (TPSA) is 66.4 Å². The first-order valence-electron chi connectivity index (χ1n) is 8.15. The molecule has 2 aromatic carbocycles. The number of hydrogen-bond acceptors (Lipinski definition) is 3. The minimum Gasteiger partial charge on any atom is -0.477 e. The van der Waals surface area contributed by atoms with Crippen molar-refractivity contribution in [3.8, 4) is 11.1 Å². The third-order valence-corrected chi connectivity index (χ3v) is 6.01. The van der Waals surface area contributed by atoms with E-state index in [0.29, 0.717) is 21.8 Å². The van der Waals surface area contributed by atoms with Gasteiger partial charge in [-0.2, -0.15) is 0 Å². The predicted molar refractivity (Wildman–Crippen MR) is 103 cm³/mol. The van der Waals surface area contributed by atoms with Crippen LogP contribution >= 0.6 is 22.9 Å². The molecule has 1 aromatic heterocycles. The monoisotopic (exact) mass is 401 g/mol. The van der Waals surface area contributed by atoms with Crippen LogP contribution in [0.15, 0.2) is 48.5 Å². The molecule has 0 spiro atoms. The maximum atomic E-state index is 13.3. The van der Waals surface area contributed by atoms with Crippen LogP contribution in [0.2, 0.25) is 5.02 Å². The van der Waals surface area contributed by atoms with E-state index >= 15 is 0 Å². The first-order valence-corrected chi connectivity index (χ1v) is 9.34. The number of rotatable bonds is 3. The summed E-state index contributed by atoms with van der Waals surface area (Å²) in [5, 5.41) is 13.1. The maximum Gasteiger partial charge on any atom is 0.346 e. The second-order valence-corrected chi connectivity index (χ2v) is 7.71. The van der Waals surface area contributed by atoms with E-state index in [9.17, 15) is 19.1 Å². The van der Waals surface area contributed by atoms with Crippen molar-refractivity contribution >= 4 is 40.5 Å². The number of nitrogens with one attached hydrogen (secondary N) is 1. The fourth-order valence-corrected chi connectivity index (χ4v) is 4.77. The standard InChI is InChI=1S/C20H13ClFNO3S/c21-12-3-1-2-11(8-12)14-9-15(24)23-17-16(10-4-6-13(22)7-5-10)19(20(25)26)27-18(14)17/h1-8,14H,9H2,(H,23,24)(H,25,26)/t14-/m0/s1. The molecule has 1 aliphatic rings. The van der Waals surface area contributed by atoms with Crippen LogP contribution in [0.4, 0.5) is 10.1 Å². The summed E-state index contributed by atoms with van der Waals surface area (Å²) in [6.45, 7) is 0. The summed E-state index contributed by atoms with van der Waals surface area (Å²) >= 11 is 7.23. The third-order valence-electron chi connectivity index (χ3n) is 4.48. The maximum absolute atomic E-state index is 13.3. The Morgan fingerprint density at radius 2 is 1.96 bits per heavy atom. The number of carbonyl (C=O) groups excluding carboxylic acids is 1. The normalized spacial score (nSPS) is 15.9. The summed E-state index contributed by atoms with van der Waals surface area (Å²) in [6.07, 6.45) is 0.204. The number of thiophene rings is 1. The number of halogens is 2. The number of carboxylic acid groups (broad SMARTS) is 1. The molecule has 1 atom stereocenters. The average Bonchev–Trinajstić information content (AvgIpc) is 3.01. The molecule has 0 radical (unpaired) electrons. The Labute approximate surface area is 163 Å². The minimum absolute atomic E-state index is 0.112. The lowest BCUT2D eigenvalue weighted by molar-refractivity contribution is -0.116. The van der Waals surface area contributed by atoms with Crippen LogP contribution in [0.5, 0.6) is 0 Å². The van der Waals surface area contributed by atoms with Gasteiger partial charge in [-0.15, -0.1) is 11.3 Å². The number of carbonyl (C=O) groups is 2. The Bertz CT molecular complexity index is 1060. The highest BCUT2D eigenvalue weighted by molar-refractivity contribution is 7.15. The van der Waals surface area contributed by atoms with Crippen molar-refractivity contribution < 1.29 is 19.1 Å². The smallest absolute Gasteiger partial charge is 0.346 e. The second-order valence-electron chi connectivity index (χ2n) is 6.22. The molecule has 0 aliphatic carbocycles. The highest BCUT2D eigenvalue weighted by Gasteiger charge is 2.34. The Hall–Kier alpha value is -2.70. The van der Waals surface area contributed by atoms with Crippen molar-refractivity contribution in [2.45, 2.75) is 12.3 Å². The van der Waals surface area contributed by atoms with E-state index in [1.54, 1.807) is 18.2 Å². The number of amides is 1. The molecule has 0 saturated carbocycles. The molecule has 0 unspecified atom stereocenters. The molecule has 1 aliphatic heterocycles. The van der Waals surface area contributed by atoms with E-state index in [1.807, 2.05) is 6.07 Å². The quantitative estimate of drug-likeness (QED) is 0.619. The van der Waals surface area contributed by atoms with Crippen molar-refractivity contribution in [1.82, 2.24) is 0 Å². The third kappa shape index (κ3) is 3.22. The molecular formula is C20H13ClFNO3S. The van der Waals surface area contributed by atoms with Gasteiger partial charge in [0.2, 0.25) is 5.91 Å². The minimum atomic E-state index is -1.09. The fraction of sp³-hybridized carbons (Fsp3) is 0.100. The summed E-state index contributed by atoms with van der Waals surface area (Å²) in [5.41, 5.74) is 2.27. The summed E-state index contributed by atoms with van der Waals surface area (Å²) in [7, 11) is 0. The molecule has 4 rings (SSSR count). The van der Waals surface area contributed by atoms with Gasteiger partial charge in [0.05, 0.1) is 5.69 Å². The first-order chi connectivity index (χ1) is 12.9. The van der Waals surface area contributed by atoms with E-state index in [-0.39, 0.29) is 23.1 Å². The molecule has 0 bridgehead atoms. The van der Waals surface area contributed by atoms with Gasteiger partial charge < -0.3 is 10.4 Å². The van der Waals surface area contributed by atoms with Crippen molar-refractivity contribution in [3.63, 3.8) is 0 Å². The molecule has 3 aromatic rings. The zero-order chi connectivity index (χ0) is 19.1. The van der Waals surface area contributed by atoms with Gasteiger partial charge in [-0.05, 0) is 35.4 Å². The largest absolute Gasteiger partial charge is 0.477 e. The number of aromatic carboxylic acids is 1. The van der Waals surface area contributed by atoms with Gasteiger partial charge >= 0.3 is 5.97 Å². The van der Waals surface area contributed by atoms with Gasteiger partial charge in [-0.3, -0.25) is 4.79 Å². The Morgan fingerprint density at radius 1 is 1.22 bits per heavy atom. The summed E-state index contributed by atoms with van der Waals surface area (Å²) in [4.78, 5) is 25.1. The van der Waals surface area contributed by atoms with Gasteiger partial charge in [0, 0.05) is 27.8 Å². The van der Waals surface area contributed by atoms with Crippen LogP contribution in [-0.2, 0) is 4.79 Å². The van der Waals surface area contributed by atoms with Crippen LogP contribution in [0.25, 0.3) is 11.1 Å². The van der Waals surface area contributed by atoms with Crippen molar-refractivity contribution in [2.75, 3.05) is 5.32 Å². The van der Waals surface area contributed by atoms with Gasteiger partial charge in [0.25, 0.3) is 0 Å². The van der Waals surface area contributed by atoms with E-state index in [4.69, 9.17) is 11.6 Å². The first kappa shape index (κ1) is 17.7. The van der Waals surface area contributed by atoms with E-state index in [1.165, 1.54) is 24.3 Å². The molecule has 2 N–H and O–H groups in total. The fourth-order valence-electron chi connectivity index (χ4n) is 3.32. The van der Waals surface area contributed by atoms with Crippen molar-refractivity contribution in [1.29, 1.82) is 0 Å². The molecule has 1 amide bonds. The lowest BCUT2D eigenvalue weighted by Crippen LogP contribution is -2.22. The van der Waals surface area contributed by atoms with Gasteiger partial charge in [0.1, 0.15) is 10.7 Å². The number of carboxylic acids is 1. The summed E-state index contributed by atoms with van der Waals surface area (Å²) in [5.74, 6) is -2.00. The lowest BCUT2D eigenvalue weighted by Gasteiger charge is -2.24. The summed E-state index contributed by atoms with van der Waals surface area (Å²) in [6, 6.07) is 12.8. The Kier molecular flexibility index (Phi) is 4.45. The van der Waals surface area contributed by atoms with Crippen LogP contribution in [-0.4, -0.2) is 17.0 Å². The van der Waals surface area contributed by atoms with Crippen LogP contribution < -0.4 is 5.32 Å². The molecule has 27 heavy (non-hydrogen) atoms. The zero-order valence-corrected chi connectivity index (χ0v) is 15.4. The van der Waals surface area contributed by atoms with Gasteiger partial charge in [0.15, 0.2) is 0 Å². The highest BCUT2D eigenvalue weighted by Crippen LogP contribution is 2.49. The van der Waals surface area contributed by atoms with Crippen molar-refractivity contribution in [3.05, 3.63) is 74.7 Å². The van der Waals surface area contributed by atoms with Gasteiger partial charge in [-0.25, -0.2) is 9.18 Å². The van der Waals surface area contributed by atoms with E-state index in [2.05, 4.69) is 5.32 Å². The lowest BCUT2D eigenvalue weighted by atomic mass is 9.88. The Balaban J connectivity index is 1.94. The van der Waals surface area contributed by atoms with E-state index < -0.39 is 11.8 Å². The number of fused-ring (bicyclic) bond motifs is 1. The molecule has 4 nitrogen and oxygen atoms in total.